The van der Waals surface area contributed by atoms with E-state index >= 15 is 0 Å². The number of fused-ring (bicyclic) bond motifs is 2. The fraction of sp³-hybridized carbons (Fsp3) is 0.375. The predicted molar refractivity (Wildman–Crippen MR) is 231 cm³/mol. The van der Waals surface area contributed by atoms with Crippen molar-refractivity contribution < 1.29 is 56.3 Å². The van der Waals surface area contributed by atoms with Gasteiger partial charge in [-0.3, -0.25) is 4.79 Å². The molecule has 2 aliphatic heterocycles. The van der Waals surface area contributed by atoms with Crippen LogP contribution in [-0.2, 0) is 39.3 Å². The second kappa shape index (κ2) is 21.7. The summed E-state index contributed by atoms with van der Waals surface area (Å²) in [5.74, 6) is 0.337. The second-order valence-corrected chi connectivity index (χ2v) is 16.3. The summed E-state index contributed by atoms with van der Waals surface area (Å²) in [6, 6.07) is 27.0. The molecule has 59 heavy (non-hydrogen) atoms. The van der Waals surface area contributed by atoms with E-state index in [2.05, 4.69) is 152 Å². The molecule has 1 aromatic heterocycles. The molecule has 0 saturated heterocycles. The molecule has 0 aliphatic carbocycles. The zero-order chi connectivity index (χ0) is 41.9. The Kier molecular flexibility index (Phi) is 17.3. The summed E-state index contributed by atoms with van der Waals surface area (Å²) < 4.78 is 33.6. The Morgan fingerprint density at radius 3 is 2.32 bits per heavy atom. The fourth-order valence-electron chi connectivity index (χ4n) is 7.91. The first kappa shape index (κ1) is 47.2. The van der Waals surface area contributed by atoms with E-state index in [0.29, 0.717) is 31.2 Å². The van der Waals surface area contributed by atoms with Crippen molar-refractivity contribution in [2.45, 2.75) is 104 Å². The maximum absolute atomic E-state index is 12.8. The summed E-state index contributed by atoms with van der Waals surface area (Å²) in [6.07, 6.45) is 17.8. The van der Waals surface area contributed by atoms with Crippen molar-refractivity contribution in [3.63, 3.8) is 0 Å². The molecule has 0 fully saturated rings. The Hall–Kier alpha value is -4.48. The van der Waals surface area contributed by atoms with E-state index in [-0.39, 0.29) is 40.4 Å². The molecule has 0 saturated carbocycles. The number of Topliss-reactive ketones (excluding diaryl/α,β-unsaturated/α-hetero) is 1. The molecule has 9 nitrogen and oxygen atoms in total. The van der Waals surface area contributed by atoms with Gasteiger partial charge in [-0.1, -0.05) is 73.7 Å². The number of likely N-dealkylation sites (N-methyl/N-ethyl adjacent to an activating group) is 1. The van der Waals surface area contributed by atoms with Gasteiger partial charge in [-0.15, -0.1) is 24.3 Å². The first-order valence-electron chi connectivity index (χ1n) is 20.1. The van der Waals surface area contributed by atoms with Gasteiger partial charge >= 0.3 is 46.2 Å². The molecule has 0 atom stereocenters. The SMILES string of the molecule is CCN1/C(=C/C=C/C=C/C2=[N+](CCCCCC(=O)CCc3ccc(COc4nccc(C)n4)cc3)c3ccc(C)cc3C2(C)C)C(C)(C)c2c[c-]ccc21.O=S(=O)=O.[Na+]. The van der Waals surface area contributed by atoms with Crippen LogP contribution < -0.4 is 39.2 Å². The Labute approximate surface area is 374 Å². The topological polar surface area (TPSA) is 110 Å². The summed E-state index contributed by atoms with van der Waals surface area (Å²) >= 11 is 0. The van der Waals surface area contributed by atoms with Crippen LogP contribution in [0.5, 0.6) is 6.01 Å². The molecule has 11 heteroatoms. The molecule has 0 spiro atoms. The molecule has 3 aromatic carbocycles. The molecule has 0 N–H and O–H groups in total. The van der Waals surface area contributed by atoms with Crippen molar-refractivity contribution in [3.8, 4) is 6.01 Å². The Balaban J connectivity index is 0.00000147. The number of ketones is 1. The van der Waals surface area contributed by atoms with E-state index in [0.717, 1.165) is 50.0 Å². The largest absolute Gasteiger partial charge is 1.00 e. The molecule has 2 aliphatic rings. The van der Waals surface area contributed by atoms with Gasteiger partial charge in [0.05, 0.1) is 5.41 Å². The van der Waals surface area contributed by atoms with Gasteiger partial charge in [0.25, 0.3) is 0 Å². The number of benzene rings is 3. The molecule has 0 bridgehead atoms. The molecule has 4 aromatic rings. The van der Waals surface area contributed by atoms with Gasteiger partial charge < -0.3 is 9.64 Å². The van der Waals surface area contributed by atoms with Crippen molar-refractivity contribution in [1.29, 1.82) is 0 Å². The number of carbonyl (C=O) groups is 1. The third-order valence-electron chi connectivity index (χ3n) is 11.0. The standard InChI is InChI=1S/C48H56N4O2.Na.O3S/c1-8-51-42-19-15-14-18-40(42)47(4,5)44(51)20-12-9-13-21-45-48(6,7)41-33-35(2)22-29-43(41)52(45)32-16-10-11-17-39(53)28-27-37-23-25-38(26-24-37)34-54-46-49-31-30-36(3)50-46;;1-4(2)3/h9,12-13,15,18-26,29-31,33H,8,10-11,16-17,27-28,32,34H2,1-7H3;;/q;+1;. The number of anilines is 1. The monoisotopic (exact) mass is 823 g/mol. The second-order valence-electron chi connectivity index (χ2n) is 15.9. The van der Waals surface area contributed by atoms with Crippen molar-refractivity contribution in [1.82, 2.24) is 9.97 Å². The number of nitrogens with zero attached hydrogens (tertiary/aromatic N) is 4. The normalized spacial score (nSPS) is 15.5. The minimum atomic E-state index is -3.11. The maximum Gasteiger partial charge on any atom is 1.00 e. The third kappa shape index (κ3) is 12.3. The first-order chi connectivity index (χ1) is 27.7. The van der Waals surface area contributed by atoms with Gasteiger partial charge in [-0.25, -0.2) is 9.97 Å². The number of allylic oxidation sites excluding steroid dienone is 6. The molecular formula is C48H56N4NaO5S+. The van der Waals surface area contributed by atoms with Crippen LogP contribution in [0.1, 0.15) is 100 Å². The van der Waals surface area contributed by atoms with Crippen LogP contribution >= 0.6 is 0 Å². The van der Waals surface area contributed by atoms with Gasteiger partial charge in [-0.2, -0.15) is 22.8 Å². The minimum absolute atomic E-state index is 0. The number of rotatable bonds is 16. The number of hydrogen-bond acceptors (Lipinski definition) is 8. The Morgan fingerprint density at radius 2 is 1.61 bits per heavy atom. The number of aryl methyl sites for hydroxylation is 3. The van der Waals surface area contributed by atoms with Crippen LogP contribution in [0.15, 0.2) is 109 Å². The number of ether oxygens (including phenoxy) is 1. The van der Waals surface area contributed by atoms with Crippen LogP contribution in [-0.4, -0.2) is 51.8 Å². The number of aromatic nitrogens is 2. The van der Waals surface area contributed by atoms with Crippen LogP contribution in [0.25, 0.3) is 0 Å². The van der Waals surface area contributed by atoms with E-state index in [1.165, 1.54) is 45.0 Å². The van der Waals surface area contributed by atoms with Gasteiger partial charge in [0, 0.05) is 61.1 Å². The van der Waals surface area contributed by atoms with Gasteiger partial charge in [-0.05, 0) is 88.6 Å². The summed E-state index contributed by atoms with van der Waals surface area (Å²) in [7, 11) is -3.11. The zero-order valence-corrected chi connectivity index (χ0v) is 38.7. The molecule has 0 radical (unpaired) electrons. The summed E-state index contributed by atoms with van der Waals surface area (Å²) in [4.78, 5) is 23.7. The maximum atomic E-state index is 12.8. The van der Waals surface area contributed by atoms with E-state index < -0.39 is 10.6 Å². The first-order valence-corrected chi connectivity index (χ1v) is 21.1. The molecule has 0 unspecified atom stereocenters. The van der Waals surface area contributed by atoms with Crippen LogP contribution in [0.2, 0.25) is 0 Å². The number of hydrogen-bond donors (Lipinski definition) is 0. The number of carbonyl (C=O) groups excluding carboxylic acids is 1. The van der Waals surface area contributed by atoms with Gasteiger partial charge in [0.2, 0.25) is 5.69 Å². The Morgan fingerprint density at radius 1 is 0.881 bits per heavy atom. The summed E-state index contributed by atoms with van der Waals surface area (Å²) in [5.41, 5.74) is 12.1. The van der Waals surface area contributed by atoms with Crippen LogP contribution in [0.4, 0.5) is 11.4 Å². The minimum Gasteiger partial charge on any atom is -0.459 e. The van der Waals surface area contributed by atoms with Crippen molar-refractivity contribution >= 4 is 33.5 Å². The molecule has 0 amide bonds. The van der Waals surface area contributed by atoms with Crippen molar-refractivity contribution in [3.05, 3.63) is 149 Å². The average Bonchev–Trinajstić information content (AvgIpc) is 3.53. The fourth-order valence-corrected chi connectivity index (χ4v) is 7.91. The van der Waals surface area contributed by atoms with Crippen molar-refractivity contribution in [2.24, 2.45) is 0 Å². The predicted octanol–water partition coefficient (Wildman–Crippen LogP) is 6.43. The van der Waals surface area contributed by atoms with E-state index in [1.807, 2.05) is 19.1 Å². The van der Waals surface area contributed by atoms with Crippen LogP contribution in [0, 0.1) is 19.9 Å². The van der Waals surface area contributed by atoms with Gasteiger partial charge in [0.15, 0.2) is 5.71 Å². The van der Waals surface area contributed by atoms with E-state index in [9.17, 15) is 4.79 Å². The van der Waals surface area contributed by atoms with Crippen molar-refractivity contribution in [2.75, 3.05) is 18.0 Å². The number of unbranched alkanes of at least 4 members (excludes halogenated alkanes) is 2. The molecule has 6 rings (SSSR count). The third-order valence-corrected chi connectivity index (χ3v) is 11.0. The van der Waals surface area contributed by atoms with Crippen LogP contribution in [0.3, 0.4) is 0 Å². The molecule has 304 valence electrons. The Bertz CT molecular complexity index is 2330. The summed E-state index contributed by atoms with van der Waals surface area (Å²) in [6.45, 7) is 17.9. The average molecular weight is 824 g/mol. The quantitative estimate of drug-likeness (QED) is 0.0419. The van der Waals surface area contributed by atoms with E-state index in [4.69, 9.17) is 17.4 Å². The smallest absolute Gasteiger partial charge is 0.459 e. The zero-order valence-electron chi connectivity index (χ0n) is 35.9. The summed E-state index contributed by atoms with van der Waals surface area (Å²) in [5, 5.41) is 0. The van der Waals surface area contributed by atoms with E-state index in [1.54, 1.807) is 6.20 Å². The van der Waals surface area contributed by atoms with Gasteiger partial charge in [0.1, 0.15) is 18.9 Å². The molecule has 3 heterocycles. The molecular weight excluding hydrogens is 768 g/mol.